The first kappa shape index (κ1) is 17.5. The third-order valence-electron chi connectivity index (χ3n) is 2.95. The van der Waals surface area contributed by atoms with E-state index in [0.717, 1.165) is 5.16 Å². The van der Waals surface area contributed by atoms with Crippen LogP contribution in [-0.4, -0.2) is 58.0 Å². The molecule has 0 bridgehead atoms. The molecular formula is C13H22N4O3S. The van der Waals surface area contributed by atoms with Crippen molar-refractivity contribution < 1.29 is 14.3 Å². The van der Waals surface area contributed by atoms with Gasteiger partial charge >= 0.3 is 5.97 Å². The van der Waals surface area contributed by atoms with Gasteiger partial charge in [0, 0.05) is 26.1 Å². The lowest BCUT2D eigenvalue weighted by Crippen LogP contribution is -2.29. The fourth-order valence-corrected chi connectivity index (χ4v) is 2.60. The van der Waals surface area contributed by atoms with Gasteiger partial charge in [-0.25, -0.2) is 0 Å². The Morgan fingerprint density at radius 2 is 2.19 bits per heavy atom. The monoisotopic (exact) mass is 314 g/mol. The highest BCUT2D eigenvalue weighted by Gasteiger charge is 2.13. The molecule has 1 amide bonds. The predicted molar refractivity (Wildman–Crippen MR) is 80.0 cm³/mol. The molecule has 0 radical (unpaired) electrons. The average Bonchev–Trinajstić information content (AvgIpc) is 2.92. The molecule has 0 spiro atoms. The van der Waals surface area contributed by atoms with Gasteiger partial charge in [-0.3, -0.25) is 9.59 Å². The zero-order chi connectivity index (χ0) is 15.8. The second kappa shape index (κ2) is 8.66. The van der Waals surface area contributed by atoms with Crippen LogP contribution in [0.4, 0.5) is 0 Å². The number of carbonyl (C=O) groups excluding carboxylic acids is 2. The average molecular weight is 314 g/mol. The number of aromatic nitrogens is 3. The molecule has 0 aromatic carbocycles. The van der Waals surface area contributed by atoms with Gasteiger partial charge in [0.2, 0.25) is 5.91 Å². The molecule has 0 aliphatic heterocycles. The molecule has 8 heteroatoms. The Kier molecular flexibility index (Phi) is 7.21. The van der Waals surface area contributed by atoms with E-state index in [-0.39, 0.29) is 17.9 Å². The highest BCUT2D eigenvalue weighted by atomic mass is 32.2. The van der Waals surface area contributed by atoms with Crippen LogP contribution in [0, 0.1) is 0 Å². The molecule has 1 aromatic rings. The van der Waals surface area contributed by atoms with Gasteiger partial charge < -0.3 is 14.2 Å². The van der Waals surface area contributed by atoms with Crippen molar-refractivity contribution in [3.63, 3.8) is 0 Å². The fourth-order valence-electron chi connectivity index (χ4n) is 1.61. The summed E-state index contributed by atoms with van der Waals surface area (Å²) in [6.07, 6.45) is 2.59. The van der Waals surface area contributed by atoms with Crippen LogP contribution in [0.5, 0.6) is 0 Å². The van der Waals surface area contributed by atoms with Crippen molar-refractivity contribution in [3.05, 3.63) is 6.33 Å². The van der Waals surface area contributed by atoms with Gasteiger partial charge in [-0.15, -0.1) is 10.2 Å². The molecule has 21 heavy (non-hydrogen) atoms. The van der Waals surface area contributed by atoms with Gasteiger partial charge in [0.1, 0.15) is 6.33 Å². The lowest BCUT2D eigenvalue weighted by molar-refractivity contribution is -0.141. The van der Waals surface area contributed by atoms with E-state index in [1.807, 2.05) is 18.4 Å². The molecule has 0 unspecified atom stereocenters. The van der Waals surface area contributed by atoms with E-state index in [0.29, 0.717) is 25.1 Å². The number of ether oxygens (including phenoxy) is 1. The second-order valence-corrected chi connectivity index (χ2v) is 5.84. The van der Waals surface area contributed by atoms with Gasteiger partial charge in [0.15, 0.2) is 5.16 Å². The van der Waals surface area contributed by atoms with Crippen molar-refractivity contribution in [1.82, 2.24) is 19.7 Å². The third-order valence-corrected chi connectivity index (χ3v) is 3.89. The van der Waals surface area contributed by atoms with E-state index < -0.39 is 0 Å². The molecule has 0 fully saturated rings. The van der Waals surface area contributed by atoms with Crippen molar-refractivity contribution in [1.29, 1.82) is 0 Å². The summed E-state index contributed by atoms with van der Waals surface area (Å²) in [5.74, 6) is 0.0542. The maximum atomic E-state index is 12.0. The first-order chi connectivity index (χ1) is 9.95. The van der Waals surface area contributed by atoms with Gasteiger partial charge in [0.05, 0.1) is 12.9 Å². The lowest BCUT2D eigenvalue weighted by atomic mass is 10.3. The Labute approximate surface area is 129 Å². The Balaban J connectivity index is 2.35. The van der Waals surface area contributed by atoms with Crippen molar-refractivity contribution >= 4 is 23.6 Å². The minimum Gasteiger partial charge on any atom is -0.469 e. The minimum atomic E-state index is -0.254. The van der Waals surface area contributed by atoms with Crippen molar-refractivity contribution in [3.8, 4) is 0 Å². The number of thioether (sulfide) groups is 1. The summed E-state index contributed by atoms with van der Waals surface area (Å²) in [7, 11) is 3.09. The maximum Gasteiger partial charge on any atom is 0.305 e. The predicted octanol–water partition coefficient (Wildman–Crippen LogP) is 1.36. The SMILES string of the molecule is COC(=O)CCCN(C)C(=O)CSc1nncn1C(C)C. The molecule has 7 nitrogen and oxygen atoms in total. The molecule has 1 rings (SSSR count). The Bertz CT molecular complexity index is 476. The Morgan fingerprint density at radius 3 is 2.81 bits per heavy atom. The summed E-state index contributed by atoms with van der Waals surface area (Å²) in [5, 5.41) is 8.61. The second-order valence-electron chi connectivity index (χ2n) is 4.90. The number of methoxy groups -OCH3 is 1. The first-order valence-corrected chi connectivity index (χ1v) is 7.77. The minimum absolute atomic E-state index is 0.00294. The van der Waals surface area contributed by atoms with E-state index in [1.54, 1.807) is 18.3 Å². The number of carbonyl (C=O) groups is 2. The number of rotatable bonds is 8. The van der Waals surface area contributed by atoms with Gasteiger partial charge in [-0.05, 0) is 20.3 Å². The van der Waals surface area contributed by atoms with Gasteiger partial charge in [-0.1, -0.05) is 11.8 Å². The number of hydrogen-bond donors (Lipinski definition) is 0. The molecule has 0 saturated heterocycles. The van der Waals surface area contributed by atoms with Crippen LogP contribution >= 0.6 is 11.8 Å². The molecule has 0 aliphatic carbocycles. The molecule has 118 valence electrons. The fraction of sp³-hybridized carbons (Fsp3) is 0.692. The van der Waals surface area contributed by atoms with E-state index in [9.17, 15) is 9.59 Å². The maximum absolute atomic E-state index is 12.0. The lowest BCUT2D eigenvalue weighted by Gasteiger charge is -2.16. The number of esters is 1. The van der Waals surface area contributed by atoms with Crippen LogP contribution in [0.2, 0.25) is 0 Å². The summed E-state index contributed by atoms with van der Waals surface area (Å²) in [5.41, 5.74) is 0. The largest absolute Gasteiger partial charge is 0.469 e. The summed E-state index contributed by atoms with van der Waals surface area (Å²) in [4.78, 5) is 24.6. The smallest absolute Gasteiger partial charge is 0.305 e. The summed E-state index contributed by atoms with van der Waals surface area (Å²) in [6.45, 7) is 4.60. The quantitative estimate of drug-likeness (QED) is 0.532. The van der Waals surface area contributed by atoms with Crippen LogP contribution in [0.1, 0.15) is 32.7 Å². The van der Waals surface area contributed by atoms with Gasteiger partial charge in [-0.2, -0.15) is 0 Å². The third kappa shape index (κ3) is 5.74. The zero-order valence-electron chi connectivity index (χ0n) is 12.9. The first-order valence-electron chi connectivity index (χ1n) is 6.78. The van der Waals surface area contributed by atoms with Crippen LogP contribution < -0.4 is 0 Å². The standard InChI is InChI=1S/C13H22N4O3S/c1-10(2)17-9-14-15-13(17)21-8-11(18)16(3)7-5-6-12(19)20-4/h9-10H,5-8H2,1-4H3. The highest BCUT2D eigenvalue weighted by Crippen LogP contribution is 2.18. The van der Waals surface area contributed by atoms with E-state index in [1.165, 1.54) is 18.9 Å². The molecule has 0 aliphatic rings. The molecule has 1 aromatic heterocycles. The van der Waals surface area contributed by atoms with Crippen LogP contribution in [0.15, 0.2) is 11.5 Å². The Hall–Kier alpha value is -1.57. The van der Waals surface area contributed by atoms with Crippen molar-refractivity contribution in [2.24, 2.45) is 0 Å². The van der Waals surface area contributed by atoms with Crippen LogP contribution in [-0.2, 0) is 14.3 Å². The molecule has 1 heterocycles. The summed E-state index contributed by atoms with van der Waals surface area (Å²) >= 11 is 1.37. The van der Waals surface area contributed by atoms with E-state index in [2.05, 4.69) is 14.9 Å². The summed E-state index contributed by atoms with van der Waals surface area (Å²) in [6, 6.07) is 0.260. The number of hydrogen-bond acceptors (Lipinski definition) is 6. The molecule has 0 N–H and O–H groups in total. The van der Waals surface area contributed by atoms with Crippen molar-refractivity contribution in [2.75, 3.05) is 26.5 Å². The zero-order valence-corrected chi connectivity index (χ0v) is 13.7. The topological polar surface area (TPSA) is 77.3 Å². The molecule has 0 atom stereocenters. The van der Waals surface area contributed by atoms with Crippen molar-refractivity contribution in [2.45, 2.75) is 37.9 Å². The highest BCUT2D eigenvalue weighted by molar-refractivity contribution is 7.99. The number of amides is 1. The molecular weight excluding hydrogens is 292 g/mol. The number of nitrogens with zero attached hydrogens (tertiary/aromatic N) is 4. The molecule has 0 saturated carbocycles. The van der Waals surface area contributed by atoms with E-state index in [4.69, 9.17) is 0 Å². The Morgan fingerprint density at radius 1 is 1.48 bits per heavy atom. The van der Waals surface area contributed by atoms with E-state index >= 15 is 0 Å². The van der Waals surface area contributed by atoms with Crippen LogP contribution in [0.25, 0.3) is 0 Å². The summed E-state index contributed by atoms with van der Waals surface area (Å²) < 4.78 is 6.49. The van der Waals surface area contributed by atoms with Gasteiger partial charge in [0.25, 0.3) is 0 Å². The normalized spacial score (nSPS) is 10.7. The van der Waals surface area contributed by atoms with Crippen LogP contribution in [0.3, 0.4) is 0 Å².